The van der Waals surface area contributed by atoms with Gasteiger partial charge in [-0.15, -0.1) is 11.3 Å². The van der Waals surface area contributed by atoms with Crippen molar-refractivity contribution in [3.8, 4) is 17.3 Å². The molecule has 0 aliphatic heterocycles. The maximum absolute atomic E-state index is 13.6. The Kier molecular flexibility index (Phi) is 7.45. The van der Waals surface area contributed by atoms with Gasteiger partial charge in [-0.25, -0.2) is 15.0 Å². The molecule has 0 N–H and O–H groups in total. The summed E-state index contributed by atoms with van der Waals surface area (Å²) in [6, 6.07) is 15.7. The first-order chi connectivity index (χ1) is 18.7. The number of fused-ring (bicyclic) bond motifs is 1. The summed E-state index contributed by atoms with van der Waals surface area (Å²) in [4.78, 5) is 24.8. The Labute approximate surface area is 229 Å². The van der Waals surface area contributed by atoms with Gasteiger partial charge in [0.2, 0.25) is 0 Å². The number of nitro groups is 1. The third-order valence-corrected chi connectivity index (χ3v) is 8.17. The van der Waals surface area contributed by atoms with Gasteiger partial charge in [0.25, 0.3) is 5.69 Å². The normalized spacial score (nSPS) is 13.3. The minimum Gasteiger partial charge on any atom is -0.258 e. The molecule has 0 bridgehead atoms. The van der Waals surface area contributed by atoms with Crippen LogP contribution in [0.3, 0.4) is 0 Å². The van der Waals surface area contributed by atoms with Crippen LogP contribution in [0.5, 0.6) is 0 Å². The molecule has 0 fully saturated rings. The second-order valence-corrected chi connectivity index (χ2v) is 10.7. The lowest BCUT2D eigenvalue weighted by molar-refractivity contribution is -0.387. The van der Waals surface area contributed by atoms with E-state index in [9.17, 15) is 28.5 Å². The zero-order chi connectivity index (χ0) is 27.6. The summed E-state index contributed by atoms with van der Waals surface area (Å²) in [6.45, 7) is 0. The molecular weight excluding hydrogens is 547 g/mol. The van der Waals surface area contributed by atoms with Crippen LogP contribution in [0, 0.1) is 21.4 Å². The van der Waals surface area contributed by atoms with E-state index in [0.29, 0.717) is 33.5 Å². The Morgan fingerprint density at radius 2 is 1.87 bits per heavy atom. The van der Waals surface area contributed by atoms with Gasteiger partial charge < -0.3 is 0 Å². The minimum absolute atomic E-state index is 0.0544. The Morgan fingerprint density at radius 1 is 1.10 bits per heavy atom. The Morgan fingerprint density at radius 3 is 2.59 bits per heavy atom. The number of rotatable bonds is 6. The number of nitriles is 1. The number of benzene rings is 2. The average molecular weight is 566 g/mol. The Bertz CT molecular complexity index is 1630. The van der Waals surface area contributed by atoms with Crippen molar-refractivity contribution in [2.24, 2.45) is 4.99 Å². The molecule has 1 aliphatic rings. The third kappa shape index (κ3) is 5.84. The number of aromatic nitrogens is 2. The van der Waals surface area contributed by atoms with Gasteiger partial charge in [-0.3, -0.25) is 10.1 Å². The number of nitro benzene ring substituents is 1. The monoisotopic (exact) mass is 565 g/mol. The van der Waals surface area contributed by atoms with Crippen LogP contribution in [0.4, 0.5) is 23.9 Å². The molecule has 2 aromatic heterocycles. The molecule has 0 saturated carbocycles. The number of hydrogen-bond acceptors (Lipinski definition) is 8. The van der Waals surface area contributed by atoms with Crippen LogP contribution in [0.15, 0.2) is 69.6 Å². The van der Waals surface area contributed by atoms with Crippen molar-refractivity contribution < 1.29 is 18.1 Å². The van der Waals surface area contributed by atoms with Crippen molar-refractivity contribution in [3.63, 3.8) is 0 Å². The zero-order valence-corrected chi connectivity index (χ0v) is 21.7. The summed E-state index contributed by atoms with van der Waals surface area (Å²) in [5.41, 5.74) is 1.04. The molecule has 0 saturated heterocycles. The first-order valence-electron chi connectivity index (χ1n) is 11.8. The first-order valence-corrected chi connectivity index (χ1v) is 13.4. The lowest BCUT2D eigenvalue weighted by Gasteiger charge is -2.11. The van der Waals surface area contributed by atoms with Crippen molar-refractivity contribution in [1.29, 1.82) is 5.26 Å². The van der Waals surface area contributed by atoms with Crippen LogP contribution in [-0.2, 0) is 19.0 Å². The van der Waals surface area contributed by atoms with E-state index in [1.165, 1.54) is 29.7 Å². The molecule has 12 heteroatoms. The van der Waals surface area contributed by atoms with Gasteiger partial charge in [-0.05, 0) is 60.7 Å². The molecule has 7 nitrogen and oxygen atoms in total. The molecular formula is C27H18F3N5O2S2. The topological polar surface area (TPSA) is 105 Å². The smallest absolute Gasteiger partial charge is 0.258 e. The molecule has 2 heterocycles. The lowest BCUT2D eigenvalue weighted by atomic mass is 9.96. The Hall–Kier alpha value is -4.08. The standard InChI is InChI=1S/C27H18F3N5O2S2/c28-27(29,30)24-13-20(17-6-2-1-3-7-17)33-26(34-24)39-23-11-10-16(12-21(23)35(36)37)15-32-25-19(14-31)18-8-4-5-9-22(18)38-25/h1-3,6-7,10-13,15H,4-5,8-9H2. The predicted octanol–water partition coefficient (Wildman–Crippen LogP) is 7.78. The number of nitrogens with zero attached hydrogens (tertiary/aromatic N) is 5. The van der Waals surface area contributed by atoms with E-state index in [0.717, 1.165) is 42.2 Å². The van der Waals surface area contributed by atoms with Crippen molar-refractivity contribution in [2.45, 2.75) is 41.9 Å². The fourth-order valence-electron chi connectivity index (χ4n) is 4.21. The van der Waals surface area contributed by atoms with Gasteiger partial charge in [0, 0.05) is 22.7 Å². The molecule has 0 spiro atoms. The van der Waals surface area contributed by atoms with E-state index >= 15 is 0 Å². The van der Waals surface area contributed by atoms with Crippen LogP contribution >= 0.6 is 23.1 Å². The van der Waals surface area contributed by atoms with Gasteiger partial charge in [0.05, 0.1) is 21.1 Å². The highest BCUT2D eigenvalue weighted by atomic mass is 32.2. The van der Waals surface area contributed by atoms with E-state index in [-0.39, 0.29) is 21.4 Å². The van der Waals surface area contributed by atoms with Gasteiger partial charge in [0.15, 0.2) is 5.16 Å². The van der Waals surface area contributed by atoms with Gasteiger partial charge in [0.1, 0.15) is 16.8 Å². The number of halogens is 3. The summed E-state index contributed by atoms with van der Waals surface area (Å²) < 4.78 is 40.7. The quantitative estimate of drug-likeness (QED) is 0.102. The second-order valence-electron chi connectivity index (χ2n) is 8.63. The van der Waals surface area contributed by atoms with Crippen molar-refractivity contribution in [1.82, 2.24) is 9.97 Å². The molecule has 196 valence electrons. The van der Waals surface area contributed by atoms with Gasteiger partial charge >= 0.3 is 6.18 Å². The fourth-order valence-corrected chi connectivity index (χ4v) is 6.25. The predicted molar refractivity (Wildman–Crippen MR) is 143 cm³/mol. The highest BCUT2D eigenvalue weighted by Crippen LogP contribution is 2.40. The molecule has 5 rings (SSSR count). The van der Waals surface area contributed by atoms with Crippen LogP contribution in [-0.4, -0.2) is 21.1 Å². The maximum atomic E-state index is 13.6. The number of hydrogen-bond donors (Lipinski definition) is 0. The maximum Gasteiger partial charge on any atom is 0.433 e. The van der Waals surface area contributed by atoms with Crippen molar-refractivity contribution in [2.75, 3.05) is 0 Å². The summed E-state index contributed by atoms with van der Waals surface area (Å²) in [5, 5.41) is 21.8. The number of aryl methyl sites for hydroxylation is 1. The molecule has 4 aromatic rings. The van der Waals surface area contributed by atoms with Crippen LogP contribution in [0.1, 0.15) is 40.1 Å². The molecule has 0 amide bonds. The van der Waals surface area contributed by atoms with Crippen LogP contribution in [0.2, 0.25) is 0 Å². The minimum atomic E-state index is -4.72. The highest BCUT2D eigenvalue weighted by Gasteiger charge is 2.34. The highest BCUT2D eigenvalue weighted by molar-refractivity contribution is 7.99. The summed E-state index contributed by atoms with van der Waals surface area (Å²) in [5.74, 6) is 0. The van der Waals surface area contributed by atoms with Crippen molar-refractivity contribution in [3.05, 3.63) is 92.0 Å². The molecule has 2 aromatic carbocycles. The van der Waals surface area contributed by atoms with Crippen molar-refractivity contribution >= 4 is 40.0 Å². The Balaban J connectivity index is 1.47. The average Bonchev–Trinajstić information content (AvgIpc) is 3.29. The van der Waals surface area contributed by atoms with Crippen LogP contribution < -0.4 is 0 Å². The van der Waals surface area contributed by atoms with E-state index in [4.69, 9.17) is 0 Å². The van der Waals surface area contributed by atoms with Crippen LogP contribution in [0.25, 0.3) is 11.3 Å². The number of alkyl halides is 3. The lowest BCUT2D eigenvalue weighted by Crippen LogP contribution is -2.10. The third-order valence-electron chi connectivity index (χ3n) is 6.04. The summed E-state index contributed by atoms with van der Waals surface area (Å²) in [7, 11) is 0. The van der Waals surface area contributed by atoms with E-state index in [1.807, 2.05) is 0 Å². The van der Waals surface area contributed by atoms with Gasteiger partial charge in [-0.1, -0.05) is 36.4 Å². The zero-order valence-electron chi connectivity index (χ0n) is 20.1. The van der Waals surface area contributed by atoms with E-state index in [1.54, 1.807) is 36.4 Å². The number of thiophene rings is 1. The summed E-state index contributed by atoms with van der Waals surface area (Å²) >= 11 is 2.14. The molecule has 0 atom stereocenters. The number of aliphatic imine (C=N–C) groups is 1. The molecule has 39 heavy (non-hydrogen) atoms. The first kappa shape index (κ1) is 26.5. The summed E-state index contributed by atoms with van der Waals surface area (Å²) in [6.07, 6.45) is 0.562. The van der Waals surface area contributed by atoms with E-state index < -0.39 is 16.8 Å². The molecule has 0 unspecified atom stereocenters. The molecule has 0 radical (unpaired) electrons. The fraction of sp³-hybridized carbons (Fsp3) is 0.185. The SMILES string of the molecule is N#Cc1c(N=Cc2ccc(Sc3nc(-c4ccccc4)cc(C(F)(F)F)n3)c([N+](=O)[O-])c2)sc2c1CCCC2. The van der Waals surface area contributed by atoms with Gasteiger partial charge in [-0.2, -0.15) is 18.4 Å². The molecule has 1 aliphatic carbocycles. The van der Waals surface area contributed by atoms with E-state index in [2.05, 4.69) is 21.0 Å². The second kappa shape index (κ2) is 11.0. The largest absolute Gasteiger partial charge is 0.433 e.